The highest BCUT2D eigenvalue weighted by molar-refractivity contribution is 7.15. The number of allylic oxidation sites excluding steroid dienone is 1. The number of nitro benzene ring substituents is 1. The van der Waals surface area contributed by atoms with E-state index in [1.807, 2.05) is 52.4 Å². The van der Waals surface area contributed by atoms with Crippen LogP contribution in [0.25, 0.3) is 33.1 Å². The molecule has 5 aromatic rings. The van der Waals surface area contributed by atoms with Crippen LogP contribution in [0.15, 0.2) is 78.3 Å². The van der Waals surface area contributed by atoms with Crippen molar-refractivity contribution in [2.45, 2.75) is 0 Å². The molecule has 0 radical (unpaired) electrons. The summed E-state index contributed by atoms with van der Waals surface area (Å²) < 4.78 is 6.97. The maximum Gasteiger partial charge on any atom is 0.311 e. The lowest BCUT2D eigenvalue weighted by molar-refractivity contribution is -0.385. The lowest BCUT2D eigenvalue weighted by Crippen LogP contribution is -1.96. The molecule has 0 saturated carbocycles. The normalized spacial score (nSPS) is 11.4. The smallest absolute Gasteiger partial charge is 0.311 e. The van der Waals surface area contributed by atoms with Gasteiger partial charge in [0.15, 0.2) is 16.5 Å². The fourth-order valence-electron chi connectivity index (χ4n) is 3.75. The van der Waals surface area contributed by atoms with Crippen molar-refractivity contribution in [3.8, 4) is 17.0 Å². The van der Waals surface area contributed by atoms with Crippen LogP contribution in [-0.4, -0.2) is 27.2 Å². The van der Waals surface area contributed by atoms with E-state index in [1.54, 1.807) is 24.3 Å². The van der Waals surface area contributed by atoms with Crippen molar-refractivity contribution >= 4 is 44.6 Å². The first kappa shape index (κ1) is 20.6. The van der Waals surface area contributed by atoms with E-state index in [2.05, 4.69) is 4.98 Å². The largest absolute Gasteiger partial charge is 0.490 e. The van der Waals surface area contributed by atoms with Gasteiger partial charge in [-0.1, -0.05) is 36.4 Å². The van der Waals surface area contributed by atoms with Crippen LogP contribution in [0.2, 0.25) is 0 Å². The van der Waals surface area contributed by atoms with Gasteiger partial charge in [-0.2, -0.15) is 0 Å². The highest BCUT2D eigenvalue weighted by Crippen LogP contribution is 2.34. The number of thiazole rings is 1. The number of carbonyl (C=O) groups is 1. The standard InChI is InChI=1S/C25H17N3O4S/c1-32-23-11-8-19(15-21(23)28(30)31)24-20(27-12-13-33-25(27)26-24)9-10-22(29)18-7-6-16-4-2-3-5-17(16)14-18/h2-15H,1H3/b10-9+. The first-order valence-electron chi connectivity index (χ1n) is 10.0. The summed E-state index contributed by atoms with van der Waals surface area (Å²) in [6, 6.07) is 18.2. The van der Waals surface area contributed by atoms with Gasteiger partial charge in [0.1, 0.15) is 0 Å². The van der Waals surface area contributed by atoms with Crippen LogP contribution in [0.1, 0.15) is 16.1 Å². The van der Waals surface area contributed by atoms with Crippen molar-refractivity contribution in [2.24, 2.45) is 0 Å². The van der Waals surface area contributed by atoms with Gasteiger partial charge in [0.05, 0.1) is 23.4 Å². The fourth-order valence-corrected chi connectivity index (χ4v) is 4.47. The molecule has 8 heteroatoms. The molecule has 0 amide bonds. The molecule has 0 aliphatic heterocycles. The van der Waals surface area contributed by atoms with Crippen molar-refractivity contribution in [1.29, 1.82) is 0 Å². The average molecular weight is 455 g/mol. The van der Waals surface area contributed by atoms with Gasteiger partial charge in [-0.15, -0.1) is 11.3 Å². The quantitative estimate of drug-likeness (QED) is 0.135. The molecule has 0 bridgehead atoms. The minimum atomic E-state index is -0.487. The second-order valence-electron chi connectivity index (χ2n) is 7.30. The first-order valence-corrected chi connectivity index (χ1v) is 10.9. The maximum atomic E-state index is 12.9. The van der Waals surface area contributed by atoms with E-state index in [0.717, 1.165) is 15.7 Å². The summed E-state index contributed by atoms with van der Waals surface area (Å²) in [5.41, 5.74) is 2.22. The number of fused-ring (bicyclic) bond motifs is 2. The number of ketones is 1. The van der Waals surface area contributed by atoms with E-state index in [1.165, 1.54) is 30.6 Å². The van der Waals surface area contributed by atoms with Gasteiger partial charge in [0, 0.05) is 28.8 Å². The molecule has 0 atom stereocenters. The van der Waals surface area contributed by atoms with E-state index in [9.17, 15) is 14.9 Å². The van der Waals surface area contributed by atoms with E-state index < -0.39 is 4.92 Å². The van der Waals surface area contributed by atoms with Gasteiger partial charge in [-0.3, -0.25) is 19.3 Å². The molecule has 0 aliphatic carbocycles. The minimum Gasteiger partial charge on any atom is -0.490 e. The monoisotopic (exact) mass is 455 g/mol. The number of benzene rings is 3. The molecule has 162 valence electrons. The Hall–Kier alpha value is -4.30. The number of nitrogens with zero attached hydrogens (tertiary/aromatic N) is 3. The number of carbonyl (C=O) groups excluding carboxylic acids is 1. The van der Waals surface area contributed by atoms with Crippen LogP contribution >= 0.6 is 11.3 Å². The number of hydrogen-bond acceptors (Lipinski definition) is 6. The molecule has 0 fully saturated rings. The van der Waals surface area contributed by atoms with E-state index in [4.69, 9.17) is 4.74 Å². The van der Waals surface area contributed by atoms with E-state index in [-0.39, 0.29) is 17.2 Å². The molecule has 3 aromatic carbocycles. The number of nitro groups is 1. The molecule has 2 heterocycles. The highest BCUT2D eigenvalue weighted by atomic mass is 32.1. The highest BCUT2D eigenvalue weighted by Gasteiger charge is 2.20. The van der Waals surface area contributed by atoms with Crippen LogP contribution in [-0.2, 0) is 0 Å². The number of ether oxygens (including phenoxy) is 1. The Morgan fingerprint density at radius 3 is 2.73 bits per heavy atom. The number of imidazole rings is 1. The average Bonchev–Trinajstić information content (AvgIpc) is 3.43. The third-order valence-electron chi connectivity index (χ3n) is 5.37. The zero-order valence-corrected chi connectivity index (χ0v) is 18.3. The van der Waals surface area contributed by atoms with E-state index >= 15 is 0 Å². The third-order valence-corrected chi connectivity index (χ3v) is 6.13. The van der Waals surface area contributed by atoms with Crippen LogP contribution in [0.5, 0.6) is 5.75 Å². The second-order valence-corrected chi connectivity index (χ2v) is 8.18. The van der Waals surface area contributed by atoms with Crippen LogP contribution in [0.3, 0.4) is 0 Å². The zero-order chi connectivity index (χ0) is 22.9. The van der Waals surface area contributed by atoms with Crippen molar-refractivity contribution in [3.63, 3.8) is 0 Å². The van der Waals surface area contributed by atoms with Gasteiger partial charge in [-0.25, -0.2) is 4.98 Å². The SMILES string of the molecule is COc1ccc(-c2nc3sccn3c2/C=C/C(=O)c2ccc3ccccc3c2)cc1[N+](=O)[O-]. The summed E-state index contributed by atoms with van der Waals surface area (Å²) in [4.78, 5) is 29.3. The molecule has 7 nitrogen and oxygen atoms in total. The fraction of sp³-hybridized carbons (Fsp3) is 0.0400. The molecule has 33 heavy (non-hydrogen) atoms. The Kier molecular flexibility index (Phi) is 5.20. The second kappa shape index (κ2) is 8.33. The van der Waals surface area contributed by atoms with Gasteiger partial charge in [-0.05, 0) is 41.1 Å². The summed E-state index contributed by atoms with van der Waals surface area (Å²) in [6.07, 6.45) is 5.07. The third kappa shape index (κ3) is 3.77. The number of methoxy groups -OCH3 is 1. The molecule has 2 aromatic heterocycles. The van der Waals surface area contributed by atoms with Gasteiger partial charge < -0.3 is 4.74 Å². The maximum absolute atomic E-state index is 12.9. The Morgan fingerprint density at radius 1 is 1.12 bits per heavy atom. The minimum absolute atomic E-state index is 0.141. The summed E-state index contributed by atoms with van der Waals surface area (Å²) in [7, 11) is 1.39. The summed E-state index contributed by atoms with van der Waals surface area (Å²) in [5.74, 6) is 0.0333. The Morgan fingerprint density at radius 2 is 1.94 bits per heavy atom. The number of rotatable bonds is 6. The lowest BCUT2D eigenvalue weighted by atomic mass is 10.0. The van der Waals surface area contributed by atoms with Crippen molar-refractivity contribution < 1.29 is 14.5 Å². The molecular weight excluding hydrogens is 438 g/mol. The Balaban J connectivity index is 1.56. The lowest BCUT2D eigenvalue weighted by Gasteiger charge is -2.05. The van der Waals surface area contributed by atoms with Crippen LogP contribution in [0, 0.1) is 10.1 Å². The molecular formula is C25H17N3O4S. The van der Waals surface area contributed by atoms with Crippen LogP contribution < -0.4 is 4.74 Å². The summed E-state index contributed by atoms with van der Waals surface area (Å²) in [5, 5.41) is 15.4. The van der Waals surface area contributed by atoms with Crippen molar-refractivity contribution in [2.75, 3.05) is 7.11 Å². The predicted molar refractivity (Wildman–Crippen MR) is 129 cm³/mol. The summed E-state index contributed by atoms with van der Waals surface area (Å²) in [6.45, 7) is 0. The van der Waals surface area contributed by atoms with Crippen molar-refractivity contribution in [3.05, 3.63) is 99.7 Å². The predicted octanol–water partition coefficient (Wildman–Crippen LogP) is 6.03. The number of aromatic nitrogens is 2. The van der Waals surface area contributed by atoms with Gasteiger partial charge in [0.2, 0.25) is 0 Å². The molecule has 0 spiro atoms. The Labute approximate surface area is 192 Å². The zero-order valence-electron chi connectivity index (χ0n) is 17.5. The molecule has 0 unspecified atom stereocenters. The molecule has 5 rings (SSSR count). The van der Waals surface area contributed by atoms with Crippen LogP contribution in [0.4, 0.5) is 5.69 Å². The molecule has 0 saturated heterocycles. The van der Waals surface area contributed by atoms with Crippen molar-refractivity contribution in [1.82, 2.24) is 9.38 Å². The van der Waals surface area contributed by atoms with E-state index in [0.29, 0.717) is 22.5 Å². The topological polar surface area (TPSA) is 86.7 Å². The molecule has 0 aliphatic rings. The molecule has 0 N–H and O–H groups in total. The van der Waals surface area contributed by atoms with Gasteiger partial charge in [0.25, 0.3) is 0 Å². The summed E-state index contributed by atoms with van der Waals surface area (Å²) >= 11 is 1.44. The first-order chi connectivity index (χ1) is 16.0. The number of hydrogen-bond donors (Lipinski definition) is 0. The Bertz CT molecular complexity index is 1560. The van der Waals surface area contributed by atoms with Gasteiger partial charge >= 0.3 is 5.69 Å².